The largest absolute Gasteiger partial charge is 0.497 e. The first-order chi connectivity index (χ1) is 13.4. The second-order valence-electron chi connectivity index (χ2n) is 5.70. The van der Waals surface area contributed by atoms with Crippen LogP contribution in [0.3, 0.4) is 0 Å². The van der Waals surface area contributed by atoms with Gasteiger partial charge in [0.05, 0.1) is 17.6 Å². The van der Waals surface area contributed by atoms with Crippen molar-refractivity contribution in [1.82, 2.24) is 5.32 Å². The minimum absolute atomic E-state index is 0.258. The van der Waals surface area contributed by atoms with E-state index < -0.39 is 11.9 Å². The molecular weight excluding hydrogens is 380 g/mol. The number of esters is 1. The lowest BCUT2D eigenvalue weighted by atomic mass is 10.2. The number of amides is 2. The molecule has 3 rings (SSSR count). The highest BCUT2D eigenvalue weighted by Crippen LogP contribution is 2.28. The first kappa shape index (κ1) is 19.4. The van der Waals surface area contributed by atoms with Gasteiger partial charge in [0.1, 0.15) is 11.5 Å². The summed E-state index contributed by atoms with van der Waals surface area (Å²) in [6.07, 6.45) is 1.65. The predicted molar refractivity (Wildman–Crippen MR) is 106 cm³/mol. The molecule has 1 aliphatic heterocycles. The molecule has 0 aromatic heterocycles. The number of ether oxygens (including phenoxy) is 2. The highest BCUT2D eigenvalue weighted by Gasteiger charge is 2.22. The molecular formula is C20H16N2O5S. The third-order valence-electron chi connectivity index (χ3n) is 3.62. The van der Waals surface area contributed by atoms with Crippen molar-refractivity contribution >= 4 is 40.8 Å². The first-order valence-electron chi connectivity index (χ1n) is 8.21. The lowest BCUT2D eigenvalue weighted by Crippen LogP contribution is -2.23. The van der Waals surface area contributed by atoms with Gasteiger partial charge in [0.15, 0.2) is 5.17 Å². The van der Waals surface area contributed by atoms with E-state index in [1.165, 1.54) is 6.92 Å². The topological polar surface area (TPSA) is 94.1 Å². The van der Waals surface area contributed by atoms with Gasteiger partial charge in [-0.15, -0.1) is 0 Å². The fourth-order valence-corrected chi connectivity index (χ4v) is 3.15. The van der Waals surface area contributed by atoms with E-state index >= 15 is 0 Å². The summed E-state index contributed by atoms with van der Waals surface area (Å²) >= 11 is 1.09. The number of aliphatic imine (C=N–C) groups is 1. The van der Waals surface area contributed by atoms with Crippen LogP contribution < -0.4 is 14.8 Å². The summed E-state index contributed by atoms with van der Waals surface area (Å²) < 4.78 is 10.4. The lowest BCUT2D eigenvalue weighted by Gasteiger charge is -2.06. The Morgan fingerprint density at radius 2 is 1.68 bits per heavy atom. The van der Waals surface area contributed by atoms with Crippen molar-refractivity contribution in [2.45, 2.75) is 6.92 Å². The molecule has 2 aromatic rings. The molecule has 0 bridgehead atoms. The van der Waals surface area contributed by atoms with Crippen LogP contribution in [0.15, 0.2) is 58.4 Å². The number of nitrogens with one attached hydrogen (secondary N) is 1. The molecule has 0 spiro atoms. The number of methoxy groups -OCH3 is 1. The van der Waals surface area contributed by atoms with Crippen LogP contribution in [0.1, 0.15) is 22.8 Å². The quantitative estimate of drug-likeness (QED) is 0.485. The van der Waals surface area contributed by atoms with Gasteiger partial charge in [-0.25, -0.2) is 4.79 Å². The number of carbonyl (C=O) groups is 3. The summed E-state index contributed by atoms with van der Waals surface area (Å²) in [7, 11) is 1.55. The smallest absolute Gasteiger partial charge is 0.343 e. The minimum atomic E-state index is -0.483. The Labute approximate surface area is 165 Å². The summed E-state index contributed by atoms with van der Waals surface area (Å²) in [4.78, 5) is 39.3. The molecule has 7 nitrogen and oxygen atoms in total. The number of hydrogen-bond donors (Lipinski definition) is 1. The summed E-state index contributed by atoms with van der Waals surface area (Å²) in [5, 5.41) is 2.75. The van der Waals surface area contributed by atoms with Gasteiger partial charge in [0.25, 0.3) is 5.91 Å². The van der Waals surface area contributed by atoms with Gasteiger partial charge < -0.3 is 14.8 Å². The van der Waals surface area contributed by atoms with Crippen molar-refractivity contribution < 1.29 is 23.9 Å². The molecule has 0 unspecified atom stereocenters. The molecule has 28 heavy (non-hydrogen) atoms. The first-order valence-corrected chi connectivity index (χ1v) is 9.03. The second-order valence-corrected chi connectivity index (χ2v) is 6.73. The van der Waals surface area contributed by atoms with Crippen molar-refractivity contribution in [3.05, 3.63) is 64.6 Å². The van der Waals surface area contributed by atoms with E-state index in [0.29, 0.717) is 22.0 Å². The van der Waals surface area contributed by atoms with Crippen molar-refractivity contribution in [1.29, 1.82) is 0 Å². The molecule has 142 valence electrons. The maximum absolute atomic E-state index is 12.2. The lowest BCUT2D eigenvalue weighted by molar-refractivity contribution is -0.117. The van der Waals surface area contributed by atoms with Crippen molar-refractivity contribution in [3.8, 4) is 11.5 Å². The molecule has 0 atom stereocenters. The minimum Gasteiger partial charge on any atom is -0.497 e. The van der Waals surface area contributed by atoms with Crippen LogP contribution in [0.2, 0.25) is 0 Å². The van der Waals surface area contributed by atoms with Crippen LogP contribution in [0, 0.1) is 0 Å². The van der Waals surface area contributed by atoms with Crippen LogP contribution in [-0.2, 0) is 9.59 Å². The highest BCUT2D eigenvalue weighted by atomic mass is 32.2. The SMILES string of the molecule is COc1ccc(C(=O)Oc2ccc(/C=C3\SC(NC(C)=O)=NC3=O)cc2)cc1. The van der Waals surface area contributed by atoms with Gasteiger partial charge in [0.2, 0.25) is 5.91 Å². The Kier molecular flexibility index (Phi) is 5.90. The Morgan fingerprint density at radius 3 is 2.29 bits per heavy atom. The van der Waals surface area contributed by atoms with Crippen molar-refractivity contribution in [3.63, 3.8) is 0 Å². The fourth-order valence-electron chi connectivity index (χ4n) is 2.29. The van der Waals surface area contributed by atoms with E-state index in [9.17, 15) is 14.4 Å². The Bertz CT molecular complexity index is 979. The van der Waals surface area contributed by atoms with E-state index in [1.807, 2.05) is 0 Å². The summed E-state index contributed by atoms with van der Waals surface area (Å²) in [6, 6.07) is 13.3. The van der Waals surface area contributed by atoms with Gasteiger partial charge in [0, 0.05) is 6.92 Å². The number of carbonyl (C=O) groups excluding carboxylic acids is 3. The maximum Gasteiger partial charge on any atom is 0.343 e. The molecule has 0 saturated heterocycles. The number of thioether (sulfide) groups is 1. The normalized spacial score (nSPS) is 14.6. The van der Waals surface area contributed by atoms with Crippen LogP contribution in [0.4, 0.5) is 0 Å². The van der Waals surface area contributed by atoms with E-state index in [-0.39, 0.29) is 11.1 Å². The van der Waals surface area contributed by atoms with E-state index in [2.05, 4.69) is 10.3 Å². The van der Waals surface area contributed by atoms with Crippen molar-refractivity contribution in [2.24, 2.45) is 4.99 Å². The monoisotopic (exact) mass is 396 g/mol. The standard InChI is InChI=1S/C20H16N2O5S/c1-12(23)21-20-22-18(24)17(28-20)11-13-3-7-16(8-4-13)27-19(25)14-5-9-15(26-2)10-6-14/h3-11H,1-2H3,(H,21,22,23,24)/b17-11-. The molecule has 0 radical (unpaired) electrons. The average Bonchev–Trinajstić information content (AvgIpc) is 3.01. The van der Waals surface area contributed by atoms with Crippen molar-refractivity contribution in [2.75, 3.05) is 7.11 Å². The number of hydrogen-bond acceptors (Lipinski definition) is 6. The van der Waals surface area contributed by atoms with Gasteiger partial charge in [-0.05, 0) is 59.8 Å². The second kappa shape index (κ2) is 8.53. The van der Waals surface area contributed by atoms with Gasteiger partial charge in [-0.3, -0.25) is 9.59 Å². The van der Waals surface area contributed by atoms with Crippen LogP contribution >= 0.6 is 11.8 Å². The molecule has 0 fully saturated rings. The number of rotatable bonds is 4. The Balaban J connectivity index is 1.64. The molecule has 2 amide bonds. The van der Waals surface area contributed by atoms with Gasteiger partial charge in [-0.1, -0.05) is 12.1 Å². The molecule has 1 heterocycles. The van der Waals surface area contributed by atoms with Crippen LogP contribution in [-0.4, -0.2) is 30.1 Å². The van der Waals surface area contributed by atoms with E-state index in [1.54, 1.807) is 61.7 Å². The van der Waals surface area contributed by atoms with Gasteiger partial charge >= 0.3 is 5.97 Å². The third kappa shape index (κ3) is 4.86. The number of nitrogens with zero attached hydrogens (tertiary/aromatic N) is 1. The zero-order valence-corrected chi connectivity index (χ0v) is 15.9. The highest BCUT2D eigenvalue weighted by molar-refractivity contribution is 8.18. The number of amidine groups is 1. The molecule has 0 saturated carbocycles. The number of benzene rings is 2. The third-order valence-corrected chi connectivity index (χ3v) is 4.52. The average molecular weight is 396 g/mol. The van der Waals surface area contributed by atoms with Crippen LogP contribution in [0.25, 0.3) is 6.08 Å². The van der Waals surface area contributed by atoms with Gasteiger partial charge in [-0.2, -0.15) is 4.99 Å². The fraction of sp³-hybridized carbons (Fsp3) is 0.100. The summed E-state index contributed by atoms with van der Waals surface area (Å²) in [5.74, 6) is -0.154. The Morgan fingerprint density at radius 1 is 1.04 bits per heavy atom. The van der Waals surface area contributed by atoms with E-state index in [0.717, 1.165) is 17.3 Å². The zero-order chi connectivity index (χ0) is 20.1. The predicted octanol–water partition coefficient (Wildman–Crippen LogP) is 3.02. The Hall–Kier alpha value is -3.39. The van der Waals surface area contributed by atoms with Crippen LogP contribution in [0.5, 0.6) is 11.5 Å². The zero-order valence-electron chi connectivity index (χ0n) is 15.1. The summed E-state index contributed by atoms with van der Waals surface area (Å²) in [6.45, 7) is 1.35. The molecule has 2 aromatic carbocycles. The molecule has 0 aliphatic carbocycles. The molecule has 1 aliphatic rings. The van der Waals surface area contributed by atoms with E-state index in [4.69, 9.17) is 9.47 Å². The maximum atomic E-state index is 12.2. The molecule has 1 N–H and O–H groups in total. The summed E-state index contributed by atoms with van der Waals surface area (Å²) in [5.41, 5.74) is 1.14. The molecule has 8 heteroatoms.